The van der Waals surface area contributed by atoms with E-state index in [0.29, 0.717) is 11.3 Å². The summed E-state index contributed by atoms with van der Waals surface area (Å²) in [4.78, 5) is 33.9. The molecule has 2 aromatic carbocycles. The number of nitro benzene ring substituents is 1. The fourth-order valence-corrected chi connectivity index (χ4v) is 2.22. The Morgan fingerprint density at radius 1 is 1.19 bits per heavy atom. The zero-order valence-corrected chi connectivity index (χ0v) is 14.5. The van der Waals surface area contributed by atoms with Crippen molar-refractivity contribution in [2.45, 2.75) is 6.42 Å². The van der Waals surface area contributed by atoms with Crippen LogP contribution in [-0.2, 0) is 20.7 Å². The normalized spacial score (nSPS) is 10.1. The van der Waals surface area contributed by atoms with E-state index in [4.69, 9.17) is 21.1 Å². The van der Waals surface area contributed by atoms with Crippen molar-refractivity contribution in [3.8, 4) is 5.75 Å². The number of rotatable bonds is 7. The van der Waals surface area contributed by atoms with Crippen LogP contribution in [0.3, 0.4) is 0 Å². The maximum absolute atomic E-state index is 11.9. The van der Waals surface area contributed by atoms with E-state index in [0.717, 1.165) is 6.07 Å². The van der Waals surface area contributed by atoms with Crippen molar-refractivity contribution >= 4 is 34.9 Å². The van der Waals surface area contributed by atoms with Crippen LogP contribution in [-0.4, -0.2) is 30.5 Å². The average molecular weight is 379 g/mol. The number of nitrogens with one attached hydrogen (secondary N) is 1. The maximum atomic E-state index is 11.9. The second-order valence-corrected chi connectivity index (χ2v) is 5.59. The summed E-state index contributed by atoms with van der Waals surface area (Å²) in [7, 11) is 1.53. The Morgan fingerprint density at radius 2 is 1.88 bits per heavy atom. The molecule has 0 aromatic heterocycles. The van der Waals surface area contributed by atoms with Gasteiger partial charge in [0.25, 0.3) is 11.6 Å². The summed E-state index contributed by atoms with van der Waals surface area (Å²) < 4.78 is 9.90. The van der Waals surface area contributed by atoms with Gasteiger partial charge in [0, 0.05) is 11.1 Å². The van der Waals surface area contributed by atoms with Crippen molar-refractivity contribution in [1.29, 1.82) is 0 Å². The lowest BCUT2D eigenvalue weighted by Gasteiger charge is -2.08. The first-order chi connectivity index (χ1) is 12.4. The average Bonchev–Trinajstić information content (AvgIpc) is 2.62. The summed E-state index contributed by atoms with van der Waals surface area (Å²) in [6.45, 7) is -0.561. The van der Waals surface area contributed by atoms with Crippen molar-refractivity contribution < 1.29 is 24.0 Å². The van der Waals surface area contributed by atoms with Gasteiger partial charge in [0.05, 0.1) is 18.5 Å². The lowest BCUT2D eigenvalue weighted by molar-refractivity contribution is -0.383. The van der Waals surface area contributed by atoms with Gasteiger partial charge in [-0.05, 0) is 29.8 Å². The van der Waals surface area contributed by atoms with Gasteiger partial charge < -0.3 is 14.8 Å². The highest BCUT2D eigenvalue weighted by atomic mass is 35.5. The highest BCUT2D eigenvalue weighted by Crippen LogP contribution is 2.27. The molecule has 26 heavy (non-hydrogen) atoms. The van der Waals surface area contributed by atoms with Crippen LogP contribution >= 0.6 is 11.6 Å². The smallest absolute Gasteiger partial charge is 0.310 e. The minimum Gasteiger partial charge on any atom is -0.497 e. The number of halogens is 1. The molecule has 8 nitrogen and oxygen atoms in total. The lowest BCUT2D eigenvalue weighted by Crippen LogP contribution is -2.22. The third kappa shape index (κ3) is 5.45. The van der Waals surface area contributed by atoms with Gasteiger partial charge in [0.2, 0.25) is 0 Å². The fraction of sp³-hybridized carbons (Fsp3) is 0.176. The molecular formula is C17H15ClN2O6. The number of nitrogens with zero attached hydrogens (tertiary/aromatic N) is 1. The lowest BCUT2D eigenvalue weighted by atomic mass is 10.1. The first-order valence-corrected chi connectivity index (χ1v) is 7.79. The van der Waals surface area contributed by atoms with Crippen LogP contribution in [0, 0.1) is 10.1 Å². The predicted octanol–water partition coefficient (Wildman–Crippen LogP) is 2.98. The van der Waals surface area contributed by atoms with E-state index < -0.39 is 23.4 Å². The molecule has 0 aliphatic heterocycles. The number of carbonyl (C=O) groups is 2. The van der Waals surface area contributed by atoms with Crippen molar-refractivity contribution in [1.82, 2.24) is 0 Å². The van der Waals surface area contributed by atoms with Gasteiger partial charge in [-0.15, -0.1) is 0 Å². The number of amides is 1. The molecule has 0 radical (unpaired) electrons. The molecule has 1 N–H and O–H groups in total. The Kier molecular flexibility index (Phi) is 6.51. The number of anilines is 1. The monoisotopic (exact) mass is 378 g/mol. The standard InChI is InChI=1S/C17H15ClN2O6/c1-25-13-5-2-11(3-6-13)8-17(22)26-10-16(21)19-14-7-4-12(18)9-15(14)20(23)24/h2-7,9H,8,10H2,1H3,(H,19,21). The topological polar surface area (TPSA) is 108 Å². The Labute approximate surface area is 153 Å². The van der Waals surface area contributed by atoms with Crippen LogP contribution < -0.4 is 10.1 Å². The number of carbonyl (C=O) groups excluding carboxylic acids is 2. The molecule has 0 aliphatic carbocycles. The number of methoxy groups -OCH3 is 1. The number of esters is 1. The molecule has 2 aromatic rings. The van der Waals surface area contributed by atoms with Crippen molar-refractivity contribution in [2.75, 3.05) is 19.0 Å². The largest absolute Gasteiger partial charge is 0.497 e. The summed E-state index contributed by atoms with van der Waals surface area (Å²) in [5.41, 5.74) is 0.315. The van der Waals surface area contributed by atoms with E-state index in [2.05, 4.69) is 5.32 Å². The second kappa shape index (κ2) is 8.82. The summed E-state index contributed by atoms with van der Waals surface area (Å²) in [5.74, 6) is -0.638. The minimum absolute atomic E-state index is 0.0155. The van der Waals surface area contributed by atoms with E-state index in [1.165, 1.54) is 19.2 Å². The first kappa shape index (κ1) is 19.2. The number of nitro groups is 1. The summed E-state index contributed by atoms with van der Waals surface area (Å²) in [6, 6.07) is 10.6. The van der Waals surface area contributed by atoms with Crippen LogP contribution in [0.1, 0.15) is 5.56 Å². The zero-order chi connectivity index (χ0) is 19.1. The molecule has 0 heterocycles. The number of hydrogen-bond acceptors (Lipinski definition) is 6. The van der Waals surface area contributed by atoms with E-state index in [1.807, 2.05) is 0 Å². The van der Waals surface area contributed by atoms with Gasteiger partial charge in [-0.2, -0.15) is 0 Å². The highest BCUT2D eigenvalue weighted by Gasteiger charge is 2.17. The summed E-state index contributed by atoms with van der Waals surface area (Å²) in [5, 5.41) is 13.5. The van der Waals surface area contributed by atoms with Gasteiger partial charge in [-0.1, -0.05) is 23.7 Å². The van der Waals surface area contributed by atoms with E-state index in [9.17, 15) is 19.7 Å². The van der Waals surface area contributed by atoms with Gasteiger partial charge in [0.1, 0.15) is 11.4 Å². The van der Waals surface area contributed by atoms with E-state index in [-0.39, 0.29) is 22.8 Å². The fourth-order valence-electron chi connectivity index (χ4n) is 2.05. The molecule has 0 saturated heterocycles. The molecule has 0 saturated carbocycles. The summed E-state index contributed by atoms with van der Waals surface area (Å²) >= 11 is 5.70. The first-order valence-electron chi connectivity index (χ1n) is 7.41. The molecule has 0 atom stereocenters. The Morgan fingerprint density at radius 3 is 2.50 bits per heavy atom. The molecule has 9 heteroatoms. The quantitative estimate of drug-likeness (QED) is 0.451. The van der Waals surface area contributed by atoms with Crippen LogP contribution in [0.15, 0.2) is 42.5 Å². The summed E-state index contributed by atoms with van der Waals surface area (Å²) in [6.07, 6.45) is -0.0155. The molecule has 0 bridgehead atoms. The Bertz CT molecular complexity index is 823. The van der Waals surface area contributed by atoms with Crippen molar-refractivity contribution in [3.63, 3.8) is 0 Å². The van der Waals surface area contributed by atoms with Gasteiger partial charge in [-0.3, -0.25) is 19.7 Å². The van der Waals surface area contributed by atoms with Crippen LogP contribution in [0.2, 0.25) is 5.02 Å². The third-order valence-corrected chi connectivity index (χ3v) is 3.54. The minimum atomic E-state index is -0.696. The van der Waals surface area contributed by atoms with Gasteiger partial charge in [-0.25, -0.2) is 0 Å². The van der Waals surface area contributed by atoms with Crippen molar-refractivity contribution in [2.24, 2.45) is 0 Å². The number of ether oxygens (including phenoxy) is 2. The highest BCUT2D eigenvalue weighted by molar-refractivity contribution is 6.31. The van der Waals surface area contributed by atoms with Gasteiger partial charge >= 0.3 is 5.97 Å². The molecule has 0 unspecified atom stereocenters. The molecule has 1 amide bonds. The van der Waals surface area contributed by atoms with E-state index in [1.54, 1.807) is 24.3 Å². The number of hydrogen-bond donors (Lipinski definition) is 1. The predicted molar refractivity (Wildman–Crippen MR) is 94.4 cm³/mol. The molecular weight excluding hydrogens is 364 g/mol. The second-order valence-electron chi connectivity index (χ2n) is 5.15. The van der Waals surface area contributed by atoms with Crippen LogP contribution in [0.25, 0.3) is 0 Å². The van der Waals surface area contributed by atoms with E-state index >= 15 is 0 Å². The molecule has 0 spiro atoms. The van der Waals surface area contributed by atoms with Crippen LogP contribution in [0.4, 0.5) is 11.4 Å². The molecule has 0 fully saturated rings. The molecule has 136 valence electrons. The SMILES string of the molecule is COc1ccc(CC(=O)OCC(=O)Nc2ccc(Cl)cc2[N+](=O)[O-])cc1. The maximum Gasteiger partial charge on any atom is 0.310 e. The van der Waals surface area contributed by atoms with Crippen LogP contribution in [0.5, 0.6) is 5.75 Å². The molecule has 2 rings (SSSR count). The zero-order valence-electron chi connectivity index (χ0n) is 13.7. The third-order valence-electron chi connectivity index (χ3n) is 3.30. The van der Waals surface area contributed by atoms with Crippen molar-refractivity contribution in [3.05, 3.63) is 63.2 Å². The Hall–Kier alpha value is -3.13. The van der Waals surface area contributed by atoms with Gasteiger partial charge in [0.15, 0.2) is 6.61 Å². The Balaban J connectivity index is 1.88. The number of benzene rings is 2. The molecule has 0 aliphatic rings.